The van der Waals surface area contributed by atoms with Gasteiger partial charge in [-0.1, -0.05) is 12.8 Å². The van der Waals surface area contributed by atoms with Crippen molar-refractivity contribution in [3.05, 3.63) is 29.6 Å². The molecule has 21 heavy (non-hydrogen) atoms. The summed E-state index contributed by atoms with van der Waals surface area (Å²) >= 11 is 0. The van der Waals surface area contributed by atoms with E-state index >= 15 is 0 Å². The summed E-state index contributed by atoms with van der Waals surface area (Å²) < 4.78 is 65.8. The topological polar surface area (TPSA) is 66.4 Å². The molecule has 2 rings (SSSR count). The molecular weight excluding hydrogens is 307 g/mol. The van der Waals surface area contributed by atoms with Crippen molar-refractivity contribution >= 4 is 10.0 Å². The highest BCUT2D eigenvalue weighted by atomic mass is 32.2. The first-order chi connectivity index (χ1) is 9.85. The van der Waals surface area contributed by atoms with Gasteiger partial charge in [-0.25, -0.2) is 26.3 Å². The lowest BCUT2D eigenvalue weighted by Gasteiger charge is -2.30. The molecule has 4 nitrogen and oxygen atoms in total. The van der Waals surface area contributed by atoms with Gasteiger partial charge in [-0.3, -0.25) is 0 Å². The molecule has 0 heterocycles. The molecular formula is C13H16F3NO3S. The predicted octanol–water partition coefficient (Wildman–Crippen LogP) is 1.93. The molecule has 1 aliphatic rings. The maximum atomic E-state index is 13.1. The van der Waals surface area contributed by atoms with E-state index in [1.165, 1.54) is 0 Å². The molecule has 1 aliphatic carbocycles. The lowest BCUT2D eigenvalue weighted by Crippen LogP contribution is -2.43. The normalized spacial score (nSPS) is 23.2. The highest BCUT2D eigenvalue weighted by Gasteiger charge is 2.30. The monoisotopic (exact) mass is 323 g/mol. The van der Waals surface area contributed by atoms with Crippen LogP contribution in [-0.2, 0) is 10.0 Å². The molecule has 1 aromatic rings. The molecule has 0 aromatic heterocycles. The van der Waals surface area contributed by atoms with E-state index in [1.54, 1.807) is 0 Å². The highest BCUT2D eigenvalue weighted by Crippen LogP contribution is 2.26. The largest absolute Gasteiger partial charge is 0.396 e. The fourth-order valence-corrected chi connectivity index (χ4v) is 3.90. The second-order valence-electron chi connectivity index (χ2n) is 5.16. The van der Waals surface area contributed by atoms with Gasteiger partial charge in [0.15, 0.2) is 17.5 Å². The minimum atomic E-state index is -4.17. The number of aliphatic hydroxyl groups excluding tert-OH is 1. The third kappa shape index (κ3) is 3.56. The third-order valence-corrected chi connectivity index (χ3v) is 5.19. The second-order valence-corrected chi connectivity index (χ2v) is 6.87. The smallest absolute Gasteiger partial charge is 0.241 e. The Bertz CT molecular complexity index is 598. The Morgan fingerprint density at radius 2 is 1.71 bits per heavy atom. The SMILES string of the molecule is O=S(=O)(NC1CCCCC1CO)c1cc(F)c(F)c(F)c1. The van der Waals surface area contributed by atoms with E-state index in [9.17, 15) is 26.7 Å². The number of halogens is 3. The molecule has 0 radical (unpaired) electrons. The predicted molar refractivity (Wildman–Crippen MR) is 69.5 cm³/mol. The van der Waals surface area contributed by atoms with Crippen LogP contribution in [0, 0.1) is 23.4 Å². The summed E-state index contributed by atoms with van der Waals surface area (Å²) in [6.45, 7) is -0.167. The van der Waals surface area contributed by atoms with Crippen LogP contribution in [0.5, 0.6) is 0 Å². The van der Waals surface area contributed by atoms with Gasteiger partial charge in [0, 0.05) is 12.6 Å². The average Bonchev–Trinajstić information content (AvgIpc) is 2.44. The minimum Gasteiger partial charge on any atom is -0.396 e. The van der Waals surface area contributed by atoms with Crippen molar-refractivity contribution in [1.29, 1.82) is 0 Å². The van der Waals surface area contributed by atoms with Crippen molar-refractivity contribution in [3.63, 3.8) is 0 Å². The van der Waals surface area contributed by atoms with E-state index in [4.69, 9.17) is 0 Å². The van der Waals surface area contributed by atoms with Gasteiger partial charge in [-0.2, -0.15) is 0 Å². The average molecular weight is 323 g/mol. The van der Waals surface area contributed by atoms with E-state index in [1.807, 2.05) is 0 Å². The maximum absolute atomic E-state index is 13.1. The third-order valence-electron chi connectivity index (χ3n) is 3.72. The molecule has 0 spiro atoms. The first kappa shape index (κ1) is 16.3. The van der Waals surface area contributed by atoms with Gasteiger partial charge in [-0.05, 0) is 30.9 Å². The van der Waals surface area contributed by atoms with Gasteiger partial charge in [0.2, 0.25) is 10.0 Å². The van der Waals surface area contributed by atoms with E-state index < -0.39 is 38.4 Å². The molecule has 118 valence electrons. The number of nitrogens with one attached hydrogen (secondary N) is 1. The Morgan fingerprint density at radius 1 is 1.14 bits per heavy atom. The summed E-state index contributed by atoms with van der Waals surface area (Å²) in [6.07, 6.45) is 2.91. The van der Waals surface area contributed by atoms with Gasteiger partial charge < -0.3 is 5.11 Å². The first-order valence-corrected chi connectivity index (χ1v) is 8.11. The Labute approximate surface area is 121 Å². The van der Waals surface area contributed by atoms with Crippen molar-refractivity contribution in [2.75, 3.05) is 6.61 Å². The Morgan fingerprint density at radius 3 is 2.29 bits per heavy atom. The molecule has 0 bridgehead atoms. The lowest BCUT2D eigenvalue weighted by molar-refractivity contribution is 0.164. The first-order valence-electron chi connectivity index (χ1n) is 6.63. The molecule has 1 saturated carbocycles. The molecule has 0 amide bonds. The van der Waals surface area contributed by atoms with Gasteiger partial charge in [0.25, 0.3) is 0 Å². The van der Waals surface area contributed by atoms with Crippen LogP contribution in [0.3, 0.4) is 0 Å². The Kier molecular flexibility index (Phi) is 4.90. The summed E-state index contributed by atoms with van der Waals surface area (Å²) in [5, 5.41) is 9.25. The van der Waals surface area contributed by atoms with Crippen LogP contribution in [0.1, 0.15) is 25.7 Å². The van der Waals surface area contributed by atoms with Crippen molar-refractivity contribution in [1.82, 2.24) is 4.72 Å². The lowest BCUT2D eigenvalue weighted by atomic mass is 9.86. The fourth-order valence-electron chi connectivity index (χ4n) is 2.54. The fraction of sp³-hybridized carbons (Fsp3) is 0.538. The van der Waals surface area contributed by atoms with E-state index in [0.717, 1.165) is 12.8 Å². The molecule has 2 N–H and O–H groups in total. The second kappa shape index (κ2) is 6.33. The van der Waals surface area contributed by atoms with Crippen molar-refractivity contribution < 1.29 is 26.7 Å². The summed E-state index contributed by atoms with van der Waals surface area (Å²) in [5.74, 6) is -5.06. The van der Waals surface area contributed by atoms with E-state index in [0.29, 0.717) is 25.0 Å². The quantitative estimate of drug-likeness (QED) is 0.832. The zero-order valence-corrected chi connectivity index (χ0v) is 12.0. The van der Waals surface area contributed by atoms with Crippen LogP contribution < -0.4 is 4.72 Å². The van der Waals surface area contributed by atoms with Crippen LogP contribution in [0.25, 0.3) is 0 Å². The number of rotatable bonds is 4. The van der Waals surface area contributed by atoms with Gasteiger partial charge in [-0.15, -0.1) is 0 Å². The molecule has 0 saturated heterocycles. The number of hydrogen-bond donors (Lipinski definition) is 2. The number of hydrogen-bond acceptors (Lipinski definition) is 3. The van der Waals surface area contributed by atoms with Crippen LogP contribution in [0.4, 0.5) is 13.2 Å². The van der Waals surface area contributed by atoms with Crippen LogP contribution in [0.15, 0.2) is 17.0 Å². The number of aliphatic hydroxyl groups is 1. The van der Waals surface area contributed by atoms with Crippen molar-refractivity contribution in [3.8, 4) is 0 Å². The van der Waals surface area contributed by atoms with Crippen molar-refractivity contribution in [2.45, 2.75) is 36.6 Å². The minimum absolute atomic E-state index is 0.167. The van der Waals surface area contributed by atoms with Gasteiger partial charge in [0.1, 0.15) is 0 Å². The molecule has 2 atom stereocenters. The molecule has 1 fully saturated rings. The summed E-state index contributed by atoms with van der Waals surface area (Å²) in [6, 6.07) is 0.389. The van der Waals surface area contributed by atoms with Crippen LogP contribution in [0.2, 0.25) is 0 Å². The maximum Gasteiger partial charge on any atom is 0.241 e. The summed E-state index contributed by atoms with van der Waals surface area (Å²) in [4.78, 5) is -0.666. The zero-order valence-electron chi connectivity index (χ0n) is 11.2. The van der Waals surface area contributed by atoms with Gasteiger partial charge in [0.05, 0.1) is 4.90 Å². The zero-order chi connectivity index (χ0) is 15.6. The highest BCUT2D eigenvalue weighted by molar-refractivity contribution is 7.89. The number of benzene rings is 1. The summed E-state index contributed by atoms with van der Waals surface area (Å²) in [7, 11) is -4.17. The van der Waals surface area contributed by atoms with Crippen LogP contribution >= 0.6 is 0 Å². The Hall–Kier alpha value is -1.12. The van der Waals surface area contributed by atoms with Gasteiger partial charge >= 0.3 is 0 Å². The molecule has 2 unspecified atom stereocenters. The summed E-state index contributed by atoms with van der Waals surface area (Å²) in [5.41, 5.74) is 0. The van der Waals surface area contributed by atoms with E-state index in [-0.39, 0.29) is 12.5 Å². The molecule has 0 aliphatic heterocycles. The van der Waals surface area contributed by atoms with Crippen LogP contribution in [-0.4, -0.2) is 26.2 Å². The number of sulfonamides is 1. The Balaban J connectivity index is 2.26. The standard InChI is InChI=1S/C13H16F3NO3S/c14-10-5-9(6-11(15)13(10)16)21(19,20)17-12-4-2-1-3-8(12)7-18/h5-6,8,12,17-18H,1-4,7H2. The van der Waals surface area contributed by atoms with E-state index in [2.05, 4.69) is 4.72 Å². The molecule has 1 aromatic carbocycles. The van der Waals surface area contributed by atoms with Crippen molar-refractivity contribution in [2.24, 2.45) is 5.92 Å². The molecule has 8 heteroatoms.